The number of ether oxygens (including phenoxy) is 1. The monoisotopic (exact) mass is 147 g/mol. The second kappa shape index (κ2) is 2.36. The number of imide groups is 1. The van der Waals surface area contributed by atoms with E-state index in [4.69, 9.17) is 0 Å². The van der Waals surface area contributed by atoms with Crippen molar-refractivity contribution in [2.75, 3.05) is 6.61 Å². The number of thiol groups is 1. The van der Waals surface area contributed by atoms with E-state index in [-0.39, 0.29) is 6.61 Å². The molecule has 1 saturated heterocycles. The zero-order valence-electron chi connectivity index (χ0n) is 4.46. The topological polar surface area (TPSA) is 55.4 Å². The zero-order chi connectivity index (χ0) is 6.85. The van der Waals surface area contributed by atoms with Gasteiger partial charge in [0.15, 0.2) is 5.44 Å². The number of carbonyl (C=O) groups is 2. The van der Waals surface area contributed by atoms with Gasteiger partial charge in [-0.1, -0.05) is 0 Å². The quantitative estimate of drug-likeness (QED) is 0.338. The van der Waals surface area contributed by atoms with Crippen LogP contribution in [0.5, 0.6) is 0 Å². The van der Waals surface area contributed by atoms with Crippen LogP contribution in [-0.2, 0) is 14.3 Å². The Morgan fingerprint density at radius 3 is 2.78 bits per heavy atom. The molecule has 1 aliphatic rings. The standard InChI is InChI=1S/C4H5NO3S/c6-2-1-8-4(9)3(7)5-2/h4,9H,1H2,(H,5,6,7). The molecule has 0 aliphatic carbocycles. The second-order valence-corrected chi connectivity index (χ2v) is 2.04. The molecular weight excluding hydrogens is 142 g/mol. The van der Waals surface area contributed by atoms with Gasteiger partial charge in [-0.2, -0.15) is 0 Å². The lowest BCUT2D eigenvalue weighted by molar-refractivity contribution is -0.144. The maximum absolute atomic E-state index is 10.5. The van der Waals surface area contributed by atoms with Gasteiger partial charge < -0.3 is 4.74 Å². The third-order valence-electron chi connectivity index (χ3n) is 0.859. The van der Waals surface area contributed by atoms with E-state index in [1.807, 2.05) is 5.32 Å². The maximum Gasteiger partial charge on any atom is 0.265 e. The molecule has 0 radical (unpaired) electrons. The Kier molecular flexibility index (Phi) is 1.73. The van der Waals surface area contributed by atoms with Gasteiger partial charge in [0, 0.05) is 0 Å². The zero-order valence-corrected chi connectivity index (χ0v) is 5.35. The van der Waals surface area contributed by atoms with Crippen LogP contribution in [-0.4, -0.2) is 23.9 Å². The molecule has 0 aromatic heterocycles. The van der Waals surface area contributed by atoms with Crippen LogP contribution in [0.2, 0.25) is 0 Å². The average molecular weight is 147 g/mol. The van der Waals surface area contributed by atoms with Crippen LogP contribution in [0.4, 0.5) is 0 Å². The minimum absolute atomic E-state index is 0.0834. The summed E-state index contributed by atoms with van der Waals surface area (Å²) in [4.78, 5) is 20.8. The Morgan fingerprint density at radius 1 is 1.67 bits per heavy atom. The summed E-state index contributed by atoms with van der Waals surface area (Å²) < 4.78 is 4.60. The fourth-order valence-electron chi connectivity index (χ4n) is 0.466. The molecule has 0 saturated carbocycles. The van der Waals surface area contributed by atoms with Crippen molar-refractivity contribution in [2.45, 2.75) is 5.44 Å². The molecule has 0 spiro atoms. The van der Waals surface area contributed by atoms with Crippen LogP contribution in [0.25, 0.3) is 0 Å². The first-order chi connectivity index (χ1) is 4.20. The molecule has 1 atom stereocenters. The van der Waals surface area contributed by atoms with E-state index < -0.39 is 17.3 Å². The van der Waals surface area contributed by atoms with E-state index in [2.05, 4.69) is 17.4 Å². The molecule has 1 aliphatic heterocycles. The minimum atomic E-state index is -0.789. The molecule has 1 unspecified atom stereocenters. The molecule has 1 rings (SSSR count). The van der Waals surface area contributed by atoms with Gasteiger partial charge in [0.1, 0.15) is 6.61 Å². The van der Waals surface area contributed by atoms with E-state index >= 15 is 0 Å². The van der Waals surface area contributed by atoms with Crippen LogP contribution < -0.4 is 5.32 Å². The van der Waals surface area contributed by atoms with Crippen LogP contribution in [0, 0.1) is 0 Å². The van der Waals surface area contributed by atoms with Crippen LogP contribution in [0.15, 0.2) is 0 Å². The van der Waals surface area contributed by atoms with Crippen LogP contribution >= 0.6 is 12.6 Å². The molecule has 5 heteroatoms. The average Bonchev–Trinajstić information content (AvgIpc) is 1.80. The maximum atomic E-state index is 10.5. The van der Waals surface area contributed by atoms with Gasteiger partial charge in [-0.3, -0.25) is 14.9 Å². The summed E-state index contributed by atoms with van der Waals surface area (Å²) in [6.45, 7) is -0.0834. The summed E-state index contributed by atoms with van der Waals surface area (Å²) in [6, 6.07) is 0. The van der Waals surface area contributed by atoms with Crippen molar-refractivity contribution in [3.63, 3.8) is 0 Å². The van der Waals surface area contributed by atoms with Gasteiger partial charge in [-0.15, -0.1) is 12.6 Å². The fourth-order valence-corrected chi connectivity index (χ4v) is 0.605. The Labute approximate surface area is 57.0 Å². The first-order valence-electron chi connectivity index (χ1n) is 2.33. The molecule has 50 valence electrons. The molecule has 4 nitrogen and oxygen atoms in total. The lowest BCUT2D eigenvalue weighted by Gasteiger charge is -2.16. The molecule has 2 amide bonds. The van der Waals surface area contributed by atoms with Crippen molar-refractivity contribution < 1.29 is 14.3 Å². The molecule has 1 fully saturated rings. The first kappa shape index (κ1) is 6.57. The van der Waals surface area contributed by atoms with Crippen molar-refractivity contribution >= 4 is 24.4 Å². The van der Waals surface area contributed by atoms with E-state index in [1.165, 1.54) is 0 Å². The number of rotatable bonds is 0. The minimum Gasteiger partial charge on any atom is -0.348 e. The number of hydrogen-bond donors (Lipinski definition) is 2. The summed E-state index contributed by atoms with van der Waals surface area (Å²) in [5.74, 6) is -0.903. The number of carbonyl (C=O) groups excluding carboxylic acids is 2. The predicted molar refractivity (Wildman–Crippen MR) is 31.9 cm³/mol. The molecular formula is C4H5NO3S. The highest BCUT2D eigenvalue weighted by Crippen LogP contribution is 2.00. The lowest BCUT2D eigenvalue weighted by Crippen LogP contribution is -2.45. The van der Waals surface area contributed by atoms with Gasteiger partial charge in [0.25, 0.3) is 11.8 Å². The molecule has 0 bridgehead atoms. The van der Waals surface area contributed by atoms with Gasteiger partial charge in [-0.25, -0.2) is 0 Å². The van der Waals surface area contributed by atoms with Crippen molar-refractivity contribution in [1.82, 2.24) is 5.32 Å². The van der Waals surface area contributed by atoms with Gasteiger partial charge in [0.2, 0.25) is 0 Å². The Bertz CT molecular complexity index is 158. The second-order valence-electron chi connectivity index (χ2n) is 1.58. The summed E-state index contributed by atoms with van der Waals surface area (Å²) in [7, 11) is 0. The summed E-state index contributed by atoms with van der Waals surface area (Å²) in [5.41, 5.74) is -0.789. The number of nitrogens with one attached hydrogen (secondary N) is 1. The molecule has 1 N–H and O–H groups in total. The summed E-state index contributed by atoms with van der Waals surface area (Å²) in [6.07, 6.45) is 0. The normalized spacial score (nSPS) is 27.9. The van der Waals surface area contributed by atoms with Crippen molar-refractivity contribution in [2.24, 2.45) is 0 Å². The number of amides is 2. The van der Waals surface area contributed by atoms with E-state index in [0.717, 1.165) is 0 Å². The highest BCUT2D eigenvalue weighted by molar-refractivity contribution is 7.81. The van der Waals surface area contributed by atoms with Gasteiger partial charge in [0.05, 0.1) is 0 Å². The van der Waals surface area contributed by atoms with Crippen molar-refractivity contribution in [1.29, 1.82) is 0 Å². The van der Waals surface area contributed by atoms with E-state index in [1.54, 1.807) is 0 Å². The number of morpholine rings is 1. The van der Waals surface area contributed by atoms with Crippen molar-refractivity contribution in [3.8, 4) is 0 Å². The Balaban J connectivity index is 2.54. The highest BCUT2D eigenvalue weighted by Gasteiger charge is 2.23. The summed E-state index contributed by atoms with van der Waals surface area (Å²) in [5, 5.41) is 2.05. The van der Waals surface area contributed by atoms with E-state index in [0.29, 0.717) is 0 Å². The molecule has 0 aromatic rings. The SMILES string of the molecule is O=C1COC(S)C(=O)N1. The largest absolute Gasteiger partial charge is 0.348 e. The number of hydrogen-bond acceptors (Lipinski definition) is 4. The van der Waals surface area contributed by atoms with Gasteiger partial charge in [-0.05, 0) is 0 Å². The summed E-state index contributed by atoms with van der Waals surface area (Å²) >= 11 is 3.71. The van der Waals surface area contributed by atoms with Crippen LogP contribution in [0.1, 0.15) is 0 Å². The fraction of sp³-hybridized carbons (Fsp3) is 0.500. The van der Waals surface area contributed by atoms with Gasteiger partial charge >= 0.3 is 0 Å². The molecule has 9 heavy (non-hydrogen) atoms. The van der Waals surface area contributed by atoms with Crippen molar-refractivity contribution in [3.05, 3.63) is 0 Å². The predicted octanol–water partition coefficient (Wildman–Crippen LogP) is -1.08. The molecule has 1 heterocycles. The van der Waals surface area contributed by atoms with Crippen LogP contribution in [0.3, 0.4) is 0 Å². The first-order valence-corrected chi connectivity index (χ1v) is 2.85. The third kappa shape index (κ3) is 1.43. The smallest absolute Gasteiger partial charge is 0.265 e. The Hall–Kier alpha value is -0.550. The lowest BCUT2D eigenvalue weighted by atomic mass is 10.5. The molecule has 0 aromatic carbocycles. The highest BCUT2D eigenvalue weighted by atomic mass is 32.1. The Morgan fingerprint density at radius 2 is 2.33 bits per heavy atom. The van der Waals surface area contributed by atoms with E-state index in [9.17, 15) is 9.59 Å². The third-order valence-corrected chi connectivity index (χ3v) is 1.24.